The Morgan fingerprint density at radius 1 is 1.50 bits per heavy atom. The molecule has 1 rings (SSSR count). The molecule has 86 valence electrons. The van der Waals surface area contributed by atoms with Gasteiger partial charge in [0.15, 0.2) is 0 Å². The van der Waals surface area contributed by atoms with Crippen LogP contribution in [-0.2, 0) is 4.79 Å². The molecule has 0 unspecified atom stereocenters. The Morgan fingerprint density at radius 2 is 2.19 bits per heavy atom. The van der Waals surface area contributed by atoms with Crippen LogP contribution in [0.5, 0.6) is 0 Å². The molecule has 1 aromatic heterocycles. The third-order valence-corrected chi connectivity index (χ3v) is 2.14. The van der Waals surface area contributed by atoms with E-state index in [2.05, 4.69) is 4.98 Å². The largest absolute Gasteiger partial charge is 0.480 e. The molecule has 0 radical (unpaired) electrons. The lowest BCUT2D eigenvalue weighted by Crippen LogP contribution is -2.35. The summed E-state index contributed by atoms with van der Waals surface area (Å²) in [4.78, 5) is 27.3. The fourth-order valence-electron chi connectivity index (χ4n) is 1.18. The molecule has 0 aliphatic carbocycles. The van der Waals surface area contributed by atoms with Crippen LogP contribution in [0.1, 0.15) is 17.4 Å². The topological polar surface area (TPSA) is 70.5 Å². The highest BCUT2D eigenvalue weighted by molar-refractivity contribution is 6.29. The number of carbonyl (C=O) groups is 2. The summed E-state index contributed by atoms with van der Waals surface area (Å²) in [7, 11) is 0. The third kappa shape index (κ3) is 3.20. The first kappa shape index (κ1) is 12.4. The standard InChI is InChI=1S/C10H11ClN2O3/c1-2-13(6-9(14)15)10(16)7-4-3-5-8(11)12-7/h3-5H,2,6H2,1H3,(H,14,15). The Bertz CT molecular complexity index is 409. The maximum absolute atomic E-state index is 11.8. The summed E-state index contributed by atoms with van der Waals surface area (Å²) in [5.41, 5.74) is 0.149. The highest BCUT2D eigenvalue weighted by Crippen LogP contribution is 2.07. The molecule has 0 spiro atoms. The summed E-state index contributed by atoms with van der Waals surface area (Å²) < 4.78 is 0. The Balaban J connectivity index is 2.86. The van der Waals surface area contributed by atoms with Crippen LogP contribution in [0.2, 0.25) is 5.15 Å². The van der Waals surface area contributed by atoms with E-state index in [-0.39, 0.29) is 17.4 Å². The number of carboxylic acids is 1. The van der Waals surface area contributed by atoms with Gasteiger partial charge in [-0.2, -0.15) is 0 Å². The second-order valence-electron chi connectivity index (χ2n) is 3.06. The van der Waals surface area contributed by atoms with Crippen molar-refractivity contribution in [1.82, 2.24) is 9.88 Å². The van der Waals surface area contributed by atoms with Gasteiger partial charge in [-0.25, -0.2) is 4.98 Å². The van der Waals surface area contributed by atoms with Crippen LogP contribution in [0.15, 0.2) is 18.2 Å². The minimum Gasteiger partial charge on any atom is -0.480 e. The van der Waals surface area contributed by atoms with E-state index in [4.69, 9.17) is 16.7 Å². The second kappa shape index (κ2) is 5.46. The highest BCUT2D eigenvalue weighted by atomic mass is 35.5. The maximum atomic E-state index is 11.8. The van der Waals surface area contributed by atoms with E-state index >= 15 is 0 Å². The molecule has 0 fully saturated rings. The van der Waals surface area contributed by atoms with E-state index < -0.39 is 11.9 Å². The number of carboxylic acid groups (broad SMARTS) is 1. The predicted molar refractivity (Wildman–Crippen MR) is 58.5 cm³/mol. The van der Waals surface area contributed by atoms with Crippen molar-refractivity contribution >= 4 is 23.5 Å². The van der Waals surface area contributed by atoms with Crippen LogP contribution in [0.3, 0.4) is 0 Å². The average molecular weight is 243 g/mol. The van der Waals surface area contributed by atoms with Gasteiger partial charge in [-0.05, 0) is 19.1 Å². The minimum atomic E-state index is -1.06. The van der Waals surface area contributed by atoms with Crippen LogP contribution < -0.4 is 0 Å². The molecule has 0 aliphatic heterocycles. The lowest BCUT2D eigenvalue weighted by Gasteiger charge is -2.17. The van der Waals surface area contributed by atoms with Crippen LogP contribution in [0.25, 0.3) is 0 Å². The van der Waals surface area contributed by atoms with E-state index in [9.17, 15) is 9.59 Å². The van der Waals surface area contributed by atoms with Gasteiger partial charge in [0.1, 0.15) is 17.4 Å². The predicted octanol–water partition coefficient (Wildman–Crippen LogP) is 1.28. The zero-order valence-corrected chi connectivity index (χ0v) is 9.44. The smallest absolute Gasteiger partial charge is 0.323 e. The quantitative estimate of drug-likeness (QED) is 0.808. The number of aliphatic carboxylic acids is 1. The number of hydrogen-bond acceptors (Lipinski definition) is 3. The molecule has 16 heavy (non-hydrogen) atoms. The SMILES string of the molecule is CCN(CC(=O)O)C(=O)c1cccc(Cl)n1. The van der Waals surface area contributed by atoms with Crippen molar-refractivity contribution in [3.8, 4) is 0 Å². The van der Waals surface area contributed by atoms with E-state index in [1.54, 1.807) is 19.1 Å². The highest BCUT2D eigenvalue weighted by Gasteiger charge is 2.17. The van der Waals surface area contributed by atoms with Gasteiger partial charge < -0.3 is 10.0 Å². The van der Waals surface area contributed by atoms with Crippen LogP contribution in [-0.4, -0.2) is 40.0 Å². The van der Waals surface area contributed by atoms with Crippen molar-refractivity contribution in [1.29, 1.82) is 0 Å². The number of nitrogens with zero attached hydrogens (tertiary/aromatic N) is 2. The Kier molecular flexibility index (Phi) is 4.25. The molecule has 1 N–H and O–H groups in total. The first-order valence-electron chi connectivity index (χ1n) is 4.68. The van der Waals surface area contributed by atoms with Gasteiger partial charge in [0.05, 0.1) is 0 Å². The van der Waals surface area contributed by atoms with Gasteiger partial charge in [-0.1, -0.05) is 17.7 Å². The number of carbonyl (C=O) groups excluding carboxylic acids is 1. The molecule has 0 bridgehead atoms. The Morgan fingerprint density at radius 3 is 2.69 bits per heavy atom. The molecule has 0 saturated carbocycles. The zero-order chi connectivity index (χ0) is 12.1. The van der Waals surface area contributed by atoms with E-state index in [1.165, 1.54) is 11.0 Å². The van der Waals surface area contributed by atoms with Crippen LogP contribution >= 0.6 is 11.6 Å². The monoisotopic (exact) mass is 242 g/mol. The number of halogens is 1. The summed E-state index contributed by atoms with van der Waals surface area (Å²) in [6, 6.07) is 4.64. The van der Waals surface area contributed by atoms with E-state index in [1.807, 2.05) is 0 Å². The number of likely N-dealkylation sites (N-methyl/N-ethyl adjacent to an activating group) is 1. The summed E-state index contributed by atoms with van der Waals surface area (Å²) in [6.07, 6.45) is 0. The Labute approximate surface area is 97.7 Å². The van der Waals surface area contributed by atoms with Crippen molar-refractivity contribution in [3.63, 3.8) is 0 Å². The van der Waals surface area contributed by atoms with Crippen molar-refractivity contribution < 1.29 is 14.7 Å². The molecule has 0 saturated heterocycles. The van der Waals surface area contributed by atoms with Crippen molar-refractivity contribution in [2.75, 3.05) is 13.1 Å². The summed E-state index contributed by atoms with van der Waals surface area (Å²) in [5.74, 6) is -1.50. The maximum Gasteiger partial charge on any atom is 0.323 e. The summed E-state index contributed by atoms with van der Waals surface area (Å²) in [6.45, 7) is 1.66. The van der Waals surface area contributed by atoms with Crippen molar-refractivity contribution in [3.05, 3.63) is 29.0 Å². The second-order valence-corrected chi connectivity index (χ2v) is 3.45. The number of pyridine rings is 1. The average Bonchev–Trinajstić information content (AvgIpc) is 2.24. The molecule has 6 heteroatoms. The number of hydrogen-bond donors (Lipinski definition) is 1. The normalized spacial score (nSPS) is 9.88. The molecule has 1 amide bonds. The lowest BCUT2D eigenvalue weighted by molar-refractivity contribution is -0.137. The number of amides is 1. The van der Waals surface area contributed by atoms with E-state index in [0.717, 1.165) is 0 Å². The molecule has 0 atom stereocenters. The van der Waals surface area contributed by atoms with Gasteiger partial charge in [0.2, 0.25) is 0 Å². The first-order valence-corrected chi connectivity index (χ1v) is 5.06. The fraction of sp³-hybridized carbons (Fsp3) is 0.300. The molecule has 0 aliphatic rings. The van der Waals surface area contributed by atoms with Gasteiger partial charge in [0, 0.05) is 6.54 Å². The van der Waals surface area contributed by atoms with Gasteiger partial charge in [-0.15, -0.1) is 0 Å². The molecule has 0 aromatic carbocycles. The number of rotatable bonds is 4. The molecule has 1 heterocycles. The Hall–Kier alpha value is -1.62. The van der Waals surface area contributed by atoms with Crippen LogP contribution in [0, 0.1) is 0 Å². The molecular formula is C10H11ClN2O3. The van der Waals surface area contributed by atoms with Crippen molar-refractivity contribution in [2.24, 2.45) is 0 Å². The third-order valence-electron chi connectivity index (χ3n) is 1.93. The lowest BCUT2D eigenvalue weighted by atomic mass is 10.3. The van der Waals surface area contributed by atoms with E-state index in [0.29, 0.717) is 6.54 Å². The van der Waals surface area contributed by atoms with Gasteiger partial charge >= 0.3 is 5.97 Å². The summed E-state index contributed by atoms with van der Waals surface area (Å²) >= 11 is 5.64. The zero-order valence-electron chi connectivity index (χ0n) is 8.68. The molecule has 1 aromatic rings. The van der Waals surface area contributed by atoms with Crippen molar-refractivity contribution in [2.45, 2.75) is 6.92 Å². The minimum absolute atomic E-state index is 0.149. The number of aromatic nitrogens is 1. The first-order chi connectivity index (χ1) is 7.54. The van der Waals surface area contributed by atoms with Gasteiger partial charge in [0.25, 0.3) is 5.91 Å². The summed E-state index contributed by atoms with van der Waals surface area (Å²) in [5, 5.41) is 8.83. The van der Waals surface area contributed by atoms with Crippen LogP contribution in [0.4, 0.5) is 0 Å². The van der Waals surface area contributed by atoms with Gasteiger partial charge in [-0.3, -0.25) is 9.59 Å². The molecular weight excluding hydrogens is 232 g/mol. The fourth-order valence-corrected chi connectivity index (χ4v) is 1.34. The molecule has 5 nitrogen and oxygen atoms in total.